The van der Waals surface area contributed by atoms with Gasteiger partial charge in [0.05, 0.1) is 4.92 Å². The second-order valence-corrected chi connectivity index (χ2v) is 3.44. The highest BCUT2D eigenvalue weighted by Gasteiger charge is 2.22. The molecule has 0 aliphatic rings. The van der Waals surface area contributed by atoms with Crippen molar-refractivity contribution in [2.45, 2.75) is 19.8 Å². The Bertz CT molecular complexity index is 404. The molecule has 0 spiro atoms. The van der Waals surface area contributed by atoms with E-state index in [2.05, 4.69) is 0 Å². The first kappa shape index (κ1) is 11.7. The molecule has 0 saturated carbocycles. The van der Waals surface area contributed by atoms with Crippen LogP contribution in [0.1, 0.15) is 29.3 Å². The van der Waals surface area contributed by atoms with E-state index in [1.165, 1.54) is 6.07 Å². The Labute approximate surface area is 92.0 Å². The Hall–Kier alpha value is -1.42. The maximum Gasteiger partial charge on any atom is 0.284 e. The zero-order valence-electron chi connectivity index (χ0n) is 8.20. The van der Waals surface area contributed by atoms with Crippen LogP contribution in [0.25, 0.3) is 0 Å². The van der Waals surface area contributed by atoms with Gasteiger partial charge in [0.25, 0.3) is 10.9 Å². The minimum atomic E-state index is -0.792. The van der Waals surface area contributed by atoms with Crippen molar-refractivity contribution in [2.75, 3.05) is 0 Å². The van der Waals surface area contributed by atoms with Gasteiger partial charge < -0.3 is 0 Å². The van der Waals surface area contributed by atoms with Crippen LogP contribution >= 0.6 is 11.6 Å². The molecule has 0 amide bonds. The zero-order valence-corrected chi connectivity index (χ0v) is 8.95. The summed E-state index contributed by atoms with van der Waals surface area (Å²) in [4.78, 5) is 21.2. The second-order valence-electron chi connectivity index (χ2n) is 3.09. The number of carbonyl (C=O) groups is 1. The molecular formula is C10H10ClNO3. The lowest BCUT2D eigenvalue weighted by atomic mass is 10.0. The quantitative estimate of drug-likeness (QED) is 0.451. The van der Waals surface area contributed by atoms with Gasteiger partial charge in [-0.1, -0.05) is 25.5 Å². The summed E-state index contributed by atoms with van der Waals surface area (Å²) in [5.74, 6) is 0. The van der Waals surface area contributed by atoms with E-state index in [0.29, 0.717) is 12.0 Å². The largest absolute Gasteiger partial charge is 0.284 e. The van der Waals surface area contributed by atoms with Crippen molar-refractivity contribution in [1.82, 2.24) is 0 Å². The van der Waals surface area contributed by atoms with E-state index in [9.17, 15) is 14.9 Å². The van der Waals surface area contributed by atoms with Gasteiger partial charge in [0.15, 0.2) is 0 Å². The van der Waals surface area contributed by atoms with Crippen molar-refractivity contribution in [3.05, 3.63) is 39.4 Å². The molecule has 4 nitrogen and oxygen atoms in total. The van der Waals surface area contributed by atoms with Crippen molar-refractivity contribution >= 4 is 22.5 Å². The number of aryl methyl sites for hydroxylation is 1. The molecule has 15 heavy (non-hydrogen) atoms. The summed E-state index contributed by atoms with van der Waals surface area (Å²) in [6.07, 6.45) is 1.34. The molecule has 0 bridgehead atoms. The monoisotopic (exact) mass is 227 g/mol. The van der Waals surface area contributed by atoms with Crippen LogP contribution in [0, 0.1) is 10.1 Å². The number of nitro benzene ring substituents is 1. The van der Waals surface area contributed by atoms with Crippen LogP contribution in [0.3, 0.4) is 0 Å². The maximum atomic E-state index is 11.0. The molecule has 0 saturated heterocycles. The highest BCUT2D eigenvalue weighted by molar-refractivity contribution is 6.68. The van der Waals surface area contributed by atoms with Gasteiger partial charge in [-0.3, -0.25) is 14.9 Å². The number of benzene rings is 1. The van der Waals surface area contributed by atoms with Crippen molar-refractivity contribution in [2.24, 2.45) is 0 Å². The first-order valence-electron chi connectivity index (χ1n) is 4.54. The molecule has 0 N–H and O–H groups in total. The van der Waals surface area contributed by atoms with Crippen LogP contribution in [0.4, 0.5) is 5.69 Å². The van der Waals surface area contributed by atoms with Gasteiger partial charge in [0, 0.05) is 5.56 Å². The fraction of sp³-hybridized carbons (Fsp3) is 0.300. The zero-order chi connectivity index (χ0) is 11.4. The fourth-order valence-electron chi connectivity index (χ4n) is 1.44. The summed E-state index contributed by atoms with van der Waals surface area (Å²) < 4.78 is 0. The van der Waals surface area contributed by atoms with Crippen molar-refractivity contribution in [1.29, 1.82) is 0 Å². The lowest BCUT2D eigenvalue weighted by Gasteiger charge is -2.03. The van der Waals surface area contributed by atoms with E-state index in [-0.39, 0.29) is 11.3 Å². The van der Waals surface area contributed by atoms with E-state index < -0.39 is 10.2 Å². The Balaban J connectivity index is 3.34. The average Bonchev–Trinajstić information content (AvgIpc) is 2.17. The third kappa shape index (κ3) is 2.53. The minimum Gasteiger partial charge on any atom is -0.275 e. The molecule has 1 rings (SSSR count). The number of carbonyl (C=O) groups excluding carboxylic acids is 1. The predicted octanol–water partition coefficient (Wildman–Crippen LogP) is 2.93. The average molecular weight is 228 g/mol. The van der Waals surface area contributed by atoms with Gasteiger partial charge in [0.2, 0.25) is 0 Å². The van der Waals surface area contributed by atoms with Crippen LogP contribution in [0.15, 0.2) is 18.2 Å². The fourth-order valence-corrected chi connectivity index (χ4v) is 1.59. The van der Waals surface area contributed by atoms with Crippen molar-refractivity contribution in [3.63, 3.8) is 0 Å². The van der Waals surface area contributed by atoms with Gasteiger partial charge in [-0.05, 0) is 24.1 Å². The van der Waals surface area contributed by atoms with E-state index in [1.807, 2.05) is 6.92 Å². The van der Waals surface area contributed by atoms with Crippen molar-refractivity contribution in [3.8, 4) is 0 Å². The lowest BCUT2D eigenvalue weighted by Crippen LogP contribution is -2.02. The molecule has 0 fully saturated rings. The molecule has 80 valence electrons. The van der Waals surface area contributed by atoms with Gasteiger partial charge in [-0.2, -0.15) is 0 Å². The first-order chi connectivity index (χ1) is 7.07. The maximum absolute atomic E-state index is 11.0. The molecule has 0 atom stereocenters. The van der Waals surface area contributed by atoms with Crippen LogP contribution < -0.4 is 0 Å². The Kier molecular flexibility index (Phi) is 3.80. The number of para-hydroxylation sites is 1. The van der Waals surface area contributed by atoms with E-state index in [0.717, 1.165) is 6.42 Å². The Morgan fingerprint density at radius 2 is 2.20 bits per heavy atom. The highest BCUT2D eigenvalue weighted by Crippen LogP contribution is 2.26. The Morgan fingerprint density at radius 3 is 2.67 bits per heavy atom. The standard InChI is InChI=1S/C10H10ClNO3/c1-2-4-7-5-3-6-8(10(11)13)9(7)12(14)15/h3,5-6H,2,4H2,1H3. The van der Waals surface area contributed by atoms with Crippen LogP contribution in [0.5, 0.6) is 0 Å². The molecule has 0 aliphatic carbocycles. The molecule has 0 radical (unpaired) electrons. The van der Waals surface area contributed by atoms with Crippen LogP contribution in [0.2, 0.25) is 0 Å². The molecule has 0 aromatic heterocycles. The number of halogens is 1. The summed E-state index contributed by atoms with van der Waals surface area (Å²) in [7, 11) is 0. The smallest absolute Gasteiger partial charge is 0.275 e. The number of hydrogen-bond acceptors (Lipinski definition) is 3. The summed E-state index contributed by atoms with van der Waals surface area (Å²) >= 11 is 5.28. The van der Waals surface area contributed by atoms with Gasteiger partial charge >= 0.3 is 0 Å². The third-order valence-corrected chi connectivity index (χ3v) is 2.24. The normalized spacial score (nSPS) is 10.0. The molecule has 1 aromatic carbocycles. The van der Waals surface area contributed by atoms with Gasteiger partial charge in [-0.15, -0.1) is 0 Å². The Morgan fingerprint density at radius 1 is 1.53 bits per heavy atom. The lowest BCUT2D eigenvalue weighted by molar-refractivity contribution is -0.385. The number of hydrogen-bond donors (Lipinski definition) is 0. The third-order valence-electron chi connectivity index (χ3n) is 2.03. The van der Waals surface area contributed by atoms with Crippen LogP contribution in [-0.2, 0) is 6.42 Å². The molecule has 5 heteroatoms. The molecule has 0 heterocycles. The molecule has 0 aliphatic heterocycles. The second kappa shape index (κ2) is 4.89. The van der Waals surface area contributed by atoms with Crippen LogP contribution in [-0.4, -0.2) is 10.2 Å². The number of rotatable bonds is 4. The van der Waals surface area contributed by atoms with E-state index >= 15 is 0 Å². The number of nitro groups is 1. The summed E-state index contributed by atoms with van der Waals surface area (Å²) in [5.41, 5.74) is 0.348. The summed E-state index contributed by atoms with van der Waals surface area (Å²) in [6, 6.07) is 4.62. The summed E-state index contributed by atoms with van der Waals surface area (Å²) in [5, 5.41) is 10.0. The minimum absolute atomic E-state index is 0.0346. The highest BCUT2D eigenvalue weighted by atomic mass is 35.5. The van der Waals surface area contributed by atoms with Gasteiger partial charge in [-0.25, -0.2) is 0 Å². The van der Waals surface area contributed by atoms with Crippen molar-refractivity contribution < 1.29 is 9.72 Å². The summed E-state index contributed by atoms with van der Waals surface area (Å²) in [6.45, 7) is 1.92. The molecular weight excluding hydrogens is 218 g/mol. The van der Waals surface area contributed by atoms with E-state index in [1.54, 1.807) is 12.1 Å². The first-order valence-corrected chi connectivity index (χ1v) is 4.91. The predicted molar refractivity (Wildman–Crippen MR) is 57.3 cm³/mol. The van der Waals surface area contributed by atoms with Gasteiger partial charge in [0.1, 0.15) is 5.56 Å². The van der Waals surface area contributed by atoms with E-state index in [4.69, 9.17) is 11.6 Å². The molecule has 0 unspecified atom stereocenters. The number of nitrogens with zero attached hydrogens (tertiary/aromatic N) is 1. The topological polar surface area (TPSA) is 60.2 Å². The SMILES string of the molecule is CCCc1cccc(C(=O)Cl)c1[N+](=O)[O-]. The molecule has 1 aromatic rings.